The average molecular weight is 592 g/mol. The van der Waals surface area contributed by atoms with Crippen LogP contribution in [0.4, 0.5) is 5.82 Å². The smallest absolute Gasteiger partial charge is 0.254 e. The number of hydrogen-bond acceptors (Lipinski definition) is 7. The van der Waals surface area contributed by atoms with Crippen molar-refractivity contribution in [2.24, 2.45) is 0 Å². The first kappa shape index (κ1) is 24.2. The Labute approximate surface area is 237 Å². The number of imidazole rings is 1. The van der Waals surface area contributed by atoms with Crippen LogP contribution in [0.3, 0.4) is 0 Å². The maximum atomic E-state index is 13.0. The molecule has 6 aromatic rings. The fraction of sp³-hybridized carbons (Fsp3) is 0.103. The van der Waals surface area contributed by atoms with Crippen molar-refractivity contribution in [2.45, 2.75) is 18.9 Å². The summed E-state index contributed by atoms with van der Waals surface area (Å²) in [5.41, 5.74) is 12.1. The second kappa shape index (κ2) is 9.69. The van der Waals surface area contributed by atoms with E-state index in [2.05, 4.69) is 48.4 Å². The van der Waals surface area contributed by atoms with E-state index in [-0.39, 0.29) is 11.9 Å². The van der Waals surface area contributed by atoms with E-state index in [0.717, 1.165) is 35.2 Å². The van der Waals surface area contributed by atoms with Crippen LogP contribution >= 0.6 is 15.9 Å². The second-order valence-electron chi connectivity index (χ2n) is 9.46. The van der Waals surface area contributed by atoms with Gasteiger partial charge in [0.1, 0.15) is 15.9 Å². The molecule has 1 aromatic carbocycles. The van der Waals surface area contributed by atoms with Crippen molar-refractivity contribution in [3.63, 3.8) is 0 Å². The lowest BCUT2D eigenvalue weighted by Gasteiger charge is -2.16. The van der Waals surface area contributed by atoms with Gasteiger partial charge < -0.3 is 11.1 Å². The molecule has 196 valence electrons. The molecule has 7 rings (SSSR count). The number of benzene rings is 1. The minimum Gasteiger partial charge on any atom is -0.383 e. The molecule has 5 aromatic heterocycles. The Morgan fingerprint density at radius 2 is 1.88 bits per heavy atom. The highest BCUT2D eigenvalue weighted by atomic mass is 79.9. The molecule has 0 bridgehead atoms. The molecule has 1 atom stereocenters. The zero-order valence-corrected chi connectivity index (χ0v) is 22.7. The molecule has 1 aliphatic carbocycles. The van der Waals surface area contributed by atoms with E-state index in [9.17, 15) is 4.79 Å². The van der Waals surface area contributed by atoms with Gasteiger partial charge in [-0.1, -0.05) is 6.07 Å². The van der Waals surface area contributed by atoms with Gasteiger partial charge in [0.05, 0.1) is 17.2 Å². The number of hydrogen-bond donors (Lipinski definition) is 2. The molecule has 40 heavy (non-hydrogen) atoms. The molecule has 0 unspecified atom stereocenters. The number of nitrogens with two attached hydrogens (primary N) is 1. The lowest BCUT2D eigenvalue weighted by molar-refractivity contribution is 0.0935. The van der Waals surface area contributed by atoms with Crippen molar-refractivity contribution in [1.29, 1.82) is 0 Å². The number of aryl methyl sites for hydroxylation is 1. The number of fused-ring (bicyclic) bond motifs is 2. The zero-order chi connectivity index (χ0) is 27.2. The number of amides is 1. The van der Waals surface area contributed by atoms with Crippen molar-refractivity contribution >= 4 is 38.8 Å². The summed E-state index contributed by atoms with van der Waals surface area (Å²) in [6.45, 7) is 0. The summed E-state index contributed by atoms with van der Waals surface area (Å²) >= 11 is 3.37. The van der Waals surface area contributed by atoms with Crippen LogP contribution in [0, 0.1) is 0 Å². The SMILES string of the molecule is Nc1ncccc1-c1nc2ccc(-n3cccn3)nc2n1-c1ccc2c(c1)CC[C@@H]2NC(=O)c1cccnc1Br. The van der Waals surface area contributed by atoms with Crippen LogP contribution in [0.25, 0.3) is 34.1 Å². The first-order valence-electron chi connectivity index (χ1n) is 12.7. The highest BCUT2D eigenvalue weighted by molar-refractivity contribution is 9.10. The van der Waals surface area contributed by atoms with Crippen molar-refractivity contribution in [1.82, 2.24) is 39.6 Å². The largest absolute Gasteiger partial charge is 0.383 e. The molecule has 5 heterocycles. The molecular formula is C29H22BrN9O. The van der Waals surface area contributed by atoms with Gasteiger partial charge in [0.15, 0.2) is 17.3 Å². The Morgan fingerprint density at radius 3 is 2.70 bits per heavy atom. The lowest BCUT2D eigenvalue weighted by atomic mass is 10.1. The van der Waals surface area contributed by atoms with Gasteiger partial charge in [0.25, 0.3) is 5.91 Å². The monoisotopic (exact) mass is 591 g/mol. The minimum absolute atomic E-state index is 0.0961. The number of nitrogen functional groups attached to an aromatic ring is 1. The average Bonchev–Trinajstić information content (AvgIpc) is 3.72. The standard InChI is InChI=1S/C29H22BrN9O/c30-25-20(4-1-12-32-25)29(40)36-22-9-6-17-16-18(7-8-19(17)22)39-27(21-5-2-13-33-26(21)31)35-23-10-11-24(37-28(23)39)38-15-3-14-34-38/h1-5,7-8,10-16,22H,6,9H2,(H2,31,33)(H,36,40)/t22-/m0/s1. The topological polar surface area (TPSA) is 129 Å². The van der Waals surface area contributed by atoms with Crippen LogP contribution < -0.4 is 11.1 Å². The predicted octanol–water partition coefficient (Wildman–Crippen LogP) is 4.83. The quantitative estimate of drug-likeness (QED) is 0.275. The molecule has 0 saturated heterocycles. The summed E-state index contributed by atoms with van der Waals surface area (Å²) in [6, 6.07) is 19.1. The van der Waals surface area contributed by atoms with E-state index in [0.29, 0.717) is 38.8 Å². The van der Waals surface area contributed by atoms with Crippen molar-refractivity contribution < 1.29 is 4.79 Å². The van der Waals surface area contributed by atoms with E-state index >= 15 is 0 Å². The van der Waals surface area contributed by atoms with Gasteiger partial charge >= 0.3 is 0 Å². The summed E-state index contributed by atoms with van der Waals surface area (Å²) in [6.07, 6.45) is 8.50. The van der Waals surface area contributed by atoms with Crippen LogP contribution in [-0.2, 0) is 6.42 Å². The highest BCUT2D eigenvalue weighted by Gasteiger charge is 2.27. The van der Waals surface area contributed by atoms with E-state index < -0.39 is 0 Å². The van der Waals surface area contributed by atoms with Gasteiger partial charge in [-0.2, -0.15) is 5.10 Å². The second-order valence-corrected chi connectivity index (χ2v) is 10.2. The molecule has 0 spiro atoms. The first-order valence-corrected chi connectivity index (χ1v) is 13.5. The summed E-state index contributed by atoms with van der Waals surface area (Å²) in [4.78, 5) is 31.3. The third-order valence-corrected chi connectivity index (χ3v) is 7.71. The Balaban J connectivity index is 1.32. The number of aromatic nitrogens is 7. The number of rotatable bonds is 5. The Kier molecular flexibility index (Phi) is 5.85. The van der Waals surface area contributed by atoms with Crippen LogP contribution in [-0.4, -0.2) is 40.2 Å². The van der Waals surface area contributed by atoms with Gasteiger partial charge in [0, 0.05) is 30.5 Å². The first-order chi connectivity index (χ1) is 19.6. The number of nitrogens with zero attached hydrogens (tertiary/aromatic N) is 7. The molecule has 1 amide bonds. The van der Waals surface area contributed by atoms with Gasteiger partial charge in [-0.15, -0.1) is 0 Å². The highest BCUT2D eigenvalue weighted by Crippen LogP contribution is 2.36. The summed E-state index contributed by atoms with van der Waals surface area (Å²) in [7, 11) is 0. The summed E-state index contributed by atoms with van der Waals surface area (Å²) in [5, 5.41) is 7.50. The number of pyridine rings is 3. The zero-order valence-electron chi connectivity index (χ0n) is 21.1. The van der Waals surface area contributed by atoms with Crippen molar-refractivity contribution in [3.05, 3.63) is 107 Å². The molecule has 11 heteroatoms. The van der Waals surface area contributed by atoms with Crippen LogP contribution in [0.2, 0.25) is 0 Å². The van der Waals surface area contributed by atoms with Gasteiger partial charge in [-0.05, 0) is 94.5 Å². The van der Waals surface area contributed by atoms with Crippen molar-refractivity contribution in [3.8, 4) is 22.9 Å². The van der Waals surface area contributed by atoms with Gasteiger partial charge in [0.2, 0.25) is 0 Å². The molecule has 0 radical (unpaired) electrons. The number of carbonyl (C=O) groups excluding carboxylic acids is 1. The maximum Gasteiger partial charge on any atom is 0.254 e. The predicted molar refractivity (Wildman–Crippen MR) is 154 cm³/mol. The Morgan fingerprint density at radius 1 is 1.00 bits per heavy atom. The Bertz CT molecular complexity index is 1900. The van der Waals surface area contributed by atoms with E-state index in [1.807, 2.05) is 47.2 Å². The van der Waals surface area contributed by atoms with E-state index in [1.54, 1.807) is 35.4 Å². The normalized spacial score (nSPS) is 14.4. The summed E-state index contributed by atoms with van der Waals surface area (Å²) < 4.78 is 4.25. The van der Waals surface area contributed by atoms with Crippen LogP contribution in [0.15, 0.2) is 90.1 Å². The van der Waals surface area contributed by atoms with Crippen LogP contribution in [0.1, 0.15) is 33.9 Å². The van der Waals surface area contributed by atoms with Gasteiger partial charge in [-0.25, -0.2) is 24.6 Å². The number of carbonyl (C=O) groups is 1. The van der Waals surface area contributed by atoms with E-state index in [4.69, 9.17) is 15.7 Å². The molecule has 1 aliphatic rings. The maximum absolute atomic E-state index is 13.0. The van der Waals surface area contributed by atoms with E-state index in [1.165, 1.54) is 0 Å². The fourth-order valence-electron chi connectivity index (χ4n) is 5.20. The molecule has 3 N–H and O–H groups in total. The van der Waals surface area contributed by atoms with Gasteiger partial charge in [-0.3, -0.25) is 9.36 Å². The summed E-state index contributed by atoms with van der Waals surface area (Å²) in [5.74, 6) is 1.55. The molecule has 0 fully saturated rings. The number of halogens is 1. The third kappa shape index (κ3) is 4.11. The third-order valence-electron chi connectivity index (χ3n) is 7.08. The van der Waals surface area contributed by atoms with Crippen LogP contribution in [0.5, 0.6) is 0 Å². The number of nitrogens with one attached hydrogen (secondary N) is 1. The number of anilines is 1. The molecule has 0 aliphatic heterocycles. The molecular weight excluding hydrogens is 570 g/mol. The Hall–Kier alpha value is -4.90. The molecule has 0 saturated carbocycles. The fourth-order valence-corrected chi connectivity index (χ4v) is 5.63. The van der Waals surface area contributed by atoms with Crippen molar-refractivity contribution in [2.75, 3.05) is 5.73 Å². The minimum atomic E-state index is -0.160. The molecule has 10 nitrogen and oxygen atoms in total. The lowest BCUT2D eigenvalue weighted by Crippen LogP contribution is -2.27.